The van der Waals surface area contributed by atoms with Gasteiger partial charge in [0, 0.05) is 12.5 Å². The molecule has 1 aromatic heterocycles. The third-order valence-electron chi connectivity index (χ3n) is 7.34. The summed E-state index contributed by atoms with van der Waals surface area (Å²) in [5, 5.41) is 2.76. The predicted octanol–water partition coefficient (Wildman–Crippen LogP) is 6.42. The number of carbonyl (C=O) groups excluding carboxylic acids is 1. The molecule has 180 valence electrons. The van der Waals surface area contributed by atoms with Gasteiger partial charge in [0.15, 0.2) is 0 Å². The van der Waals surface area contributed by atoms with Crippen molar-refractivity contribution < 1.29 is 4.79 Å². The van der Waals surface area contributed by atoms with E-state index in [0.717, 1.165) is 48.6 Å². The van der Waals surface area contributed by atoms with Crippen molar-refractivity contribution in [2.45, 2.75) is 58.4 Å². The fourth-order valence-corrected chi connectivity index (χ4v) is 5.45. The first-order valence-corrected chi connectivity index (χ1v) is 12.9. The van der Waals surface area contributed by atoms with Gasteiger partial charge in [-0.2, -0.15) is 0 Å². The van der Waals surface area contributed by atoms with Gasteiger partial charge in [-0.25, -0.2) is 4.98 Å². The topological polar surface area (TPSA) is 55.2 Å². The summed E-state index contributed by atoms with van der Waals surface area (Å²) in [5.41, 5.74) is 1.34. The summed E-state index contributed by atoms with van der Waals surface area (Å²) < 4.78 is 1.72. The third-order valence-corrected chi connectivity index (χ3v) is 7.34. The van der Waals surface area contributed by atoms with Gasteiger partial charge in [0.05, 0.1) is 22.6 Å². The summed E-state index contributed by atoms with van der Waals surface area (Å²) >= 11 is 0. The molecule has 5 heteroatoms. The van der Waals surface area contributed by atoms with Crippen molar-refractivity contribution in [2.24, 2.45) is 5.92 Å². The van der Waals surface area contributed by atoms with Crippen LogP contribution < -0.4 is 5.56 Å². The molecule has 1 fully saturated rings. The maximum Gasteiger partial charge on any atom is 0.266 e. The van der Waals surface area contributed by atoms with Gasteiger partial charge in [-0.15, -0.1) is 0 Å². The van der Waals surface area contributed by atoms with E-state index in [1.54, 1.807) is 4.57 Å². The van der Waals surface area contributed by atoms with Crippen LogP contribution in [0, 0.1) is 5.92 Å². The Morgan fingerprint density at radius 2 is 1.71 bits per heavy atom. The Balaban J connectivity index is 1.67. The van der Waals surface area contributed by atoms with E-state index in [-0.39, 0.29) is 23.4 Å². The van der Waals surface area contributed by atoms with Crippen LogP contribution in [0.5, 0.6) is 0 Å². The predicted molar refractivity (Wildman–Crippen MR) is 142 cm³/mol. The van der Waals surface area contributed by atoms with Gasteiger partial charge in [-0.05, 0) is 61.2 Å². The Kier molecular flexibility index (Phi) is 6.67. The minimum absolute atomic E-state index is 0.0686. The fourth-order valence-electron chi connectivity index (χ4n) is 5.45. The van der Waals surface area contributed by atoms with E-state index in [2.05, 4.69) is 19.1 Å². The highest BCUT2D eigenvalue weighted by molar-refractivity contribution is 5.85. The molecule has 1 heterocycles. The van der Waals surface area contributed by atoms with E-state index in [0.29, 0.717) is 23.3 Å². The van der Waals surface area contributed by atoms with Crippen LogP contribution in [-0.2, 0) is 4.79 Å². The van der Waals surface area contributed by atoms with Crippen LogP contribution in [0.4, 0.5) is 0 Å². The quantitative estimate of drug-likeness (QED) is 0.329. The standard InChI is InChI=1S/C30H33N3O2/c1-3-19-32(29(34)23-12-5-4-6-13-23)21(2)28-31-27-16-10-9-15-26(27)30(35)33(28)25-18-17-22-11-7-8-14-24(22)20-25/h7-11,14-18,20-21,23H,3-6,12-13,19H2,1-2H3. The molecule has 1 atom stereocenters. The summed E-state index contributed by atoms with van der Waals surface area (Å²) in [6.07, 6.45) is 6.20. The maximum absolute atomic E-state index is 13.9. The summed E-state index contributed by atoms with van der Waals surface area (Å²) in [4.78, 5) is 34.5. The molecule has 1 aliphatic rings. The number of fused-ring (bicyclic) bond motifs is 2. The molecule has 1 aliphatic carbocycles. The lowest BCUT2D eigenvalue weighted by Gasteiger charge is -2.34. The van der Waals surface area contributed by atoms with Gasteiger partial charge >= 0.3 is 0 Å². The molecular weight excluding hydrogens is 434 g/mol. The number of nitrogens with zero attached hydrogens (tertiary/aromatic N) is 3. The third kappa shape index (κ3) is 4.47. The number of para-hydroxylation sites is 1. The summed E-state index contributed by atoms with van der Waals surface area (Å²) in [6.45, 7) is 4.76. The average Bonchev–Trinajstić information content (AvgIpc) is 2.91. The van der Waals surface area contributed by atoms with Gasteiger partial charge in [-0.1, -0.05) is 68.7 Å². The van der Waals surface area contributed by atoms with Crippen LogP contribution in [0.2, 0.25) is 0 Å². The van der Waals surface area contributed by atoms with Crippen LogP contribution >= 0.6 is 0 Å². The molecule has 35 heavy (non-hydrogen) atoms. The van der Waals surface area contributed by atoms with Crippen LogP contribution in [0.15, 0.2) is 71.5 Å². The van der Waals surface area contributed by atoms with E-state index in [4.69, 9.17) is 4.98 Å². The minimum atomic E-state index is -0.326. The number of benzene rings is 3. The lowest BCUT2D eigenvalue weighted by Crippen LogP contribution is -2.41. The molecule has 5 rings (SSSR count). The maximum atomic E-state index is 13.9. The molecule has 0 radical (unpaired) electrons. The second-order valence-corrected chi connectivity index (χ2v) is 9.70. The number of hydrogen-bond acceptors (Lipinski definition) is 3. The Bertz CT molecular complexity index is 1420. The molecule has 3 aromatic carbocycles. The Morgan fingerprint density at radius 1 is 1.00 bits per heavy atom. The minimum Gasteiger partial charge on any atom is -0.333 e. The number of rotatable bonds is 6. The van der Waals surface area contributed by atoms with E-state index < -0.39 is 0 Å². The second-order valence-electron chi connectivity index (χ2n) is 9.70. The van der Waals surface area contributed by atoms with Crippen LogP contribution in [0.1, 0.15) is 64.2 Å². The molecule has 1 amide bonds. The van der Waals surface area contributed by atoms with Crippen LogP contribution in [0.3, 0.4) is 0 Å². The molecule has 0 bridgehead atoms. The summed E-state index contributed by atoms with van der Waals surface area (Å²) in [5.74, 6) is 0.882. The fraction of sp³-hybridized carbons (Fsp3) is 0.367. The molecule has 0 N–H and O–H groups in total. The van der Waals surface area contributed by atoms with Crippen LogP contribution in [-0.4, -0.2) is 26.9 Å². The molecule has 0 spiro atoms. The largest absolute Gasteiger partial charge is 0.333 e. The average molecular weight is 468 g/mol. The summed E-state index contributed by atoms with van der Waals surface area (Å²) in [7, 11) is 0. The zero-order valence-corrected chi connectivity index (χ0v) is 20.6. The zero-order valence-electron chi connectivity index (χ0n) is 20.6. The van der Waals surface area contributed by atoms with Gasteiger partial charge in [0.1, 0.15) is 5.82 Å². The van der Waals surface area contributed by atoms with Crippen molar-refractivity contribution in [3.8, 4) is 5.69 Å². The highest BCUT2D eigenvalue weighted by atomic mass is 16.2. The highest BCUT2D eigenvalue weighted by Gasteiger charge is 2.31. The van der Waals surface area contributed by atoms with Gasteiger partial charge < -0.3 is 4.90 Å². The molecule has 1 saturated carbocycles. The van der Waals surface area contributed by atoms with E-state index in [1.807, 2.05) is 66.4 Å². The van der Waals surface area contributed by atoms with Gasteiger partial charge in [0.25, 0.3) is 5.56 Å². The van der Waals surface area contributed by atoms with Crippen molar-refractivity contribution in [1.29, 1.82) is 0 Å². The van der Waals surface area contributed by atoms with Crippen LogP contribution in [0.25, 0.3) is 27.4 Å². The molecule has 4 aromatic rings. The molecule has 1 unspecified atom stereocenters. The molecule has 0 aliphatic heterocycles. The van der Waals surface area contributed by atoms with Crippen molar-refractivity contribution in [3.63, 3.8) is 0 Å². The van der Waals surface area contributed by atoms with Crippen molar-refractivity contribution in [2.75, 3.05) is 6.54 Å². The van der Waals surface area contributed by atoms with Crippen molar-refractivity contribution in [3.05, 3.63) is 82.9 Å². The zero-order chi connectivity index (χ0) is 24.4. The first-order chi connectivity index (χ1) is 17.1. The Hall–Kier alpha value is -3.47. The molecular formula is C30H33N3O2. The van der Waals surface area contributed by atoms with Gasteiger partial charge in [-0.3, -0.25) is 14.2 Å². The van der Waals surface area contributed by atoms with Gasteiger partial charge in [0.2, 0.25) is 5.91 Å². The lowest BCUT2D eigenvalue weighted by atomic mass is 9.88. The number of hydrogen-bond donors (Lipinski definition) is 0. The Morgan fingerprint density at radius 3 is 2.49 bits per heavy atom. The number of carbonyl (C=O) groups is 1. The SMILES string of the molecule is CCCN(C(=O)C1CCCCC1)C(C)c1nc2ccccc2c(=O)n1-c1ccc2ccccc2c1. The molecule has 5 nitrogen and oxygen atoms in total. The van der Waals surface area contributed by atoms with E-state index in [1.165, 1.54) is 6.42 Å². The second kappa shape index (κ2) is 10.0. The Labute approximate surface area is 206 Å². The number of aromatic nitrogens is 2. The monoisotopic (exact) mass is 467 g/mol. The van der Waals surface area contributed by atoms with Crippen molar-refractivity contribution >= 4 is 27.6 Å². The van der Waals surface area contributed by atoms with Crippen molar-refractivity contribution in [1.82, 2.24) is 14.5 Å². The van der Waals surface area contributed by atoms with E-state index in [9.17, 15) is 9.59 Å². The smallest absolute Gasteiger partial charge is 0.266 e. The summed E-state index contributed by atoms with van der Waals surface area (Å²) in [6, 6.07) is 21.3. The first-order valence-electron chi connectivity index (χ1n) is 12.9. The highest BCUT2D eigenvalue weighted by Crippen LogP contribution is 2.30. The number of amides is 1. The van der Waals surface area contributed by atoms with E-state index >= 15 is 0 Å². The lowest BCUT2D eigenvalue weighted by molar-refractivity contribution is -0.139. The normalized spacial score (nSPS) is 15.4. The first kappa shape index (κ1) is 23.3. The molecule has 0 saturated heterocycles.